The Morgan fingerprint density at radius 1 is 1.17 bits per heavy atom. The van der Waals surface area contributed by atoms with Gasteiger partial charge in [0.15, 0.2) is 0 Å². The molecule has 1 N–H and O–H groups in total. The van der Waals surface area contributed by atoms with E-state index < -0.39 is 0 Å². The van der Waals surface area contributed by atoms with Crippen LogP contribution in [0, 0.1) is 11.3 Å². The van der Waals surface area contributed by atoms with Gasteiger partial charge in [0.25, 0.3) is 0 Å². The van der Waals surface area contributed by atoms with Crippen molar-refractivity contribution < 1.29 is 4.79 Å². The van der Waals surface area contributed by atoms with Crippen molar-refractivity contribution in [2.24, 2.45) is 0 Å². The molecule has 2 unspecified atom stereocenters. The summed E-state index contributed by atoms with van der Waals surface area (Å²) in [5.74, 6) is 1.14. The number of nitrogens with one attached hydrogen (secondary N) is 1. The molecule has 2 saturated heterocycles. The number of pyridine rings is 2. The highest BCUT2D eigenvalue weighted by atomic mass is 16.2. The van der Waals surface area contributed by atoms with E-state index in [0.717, 1.165) is 50.3 Å². The molecule has 0 spiro atoms. The number of nitriles is 1. The van der Waals surface area contributed by atoms with E-state index >= 15 is 0 Å². The van der Waals surface area contributed by atoms with E-state index in [9.17, 15) is 4.79 Å². The van der Waals surface area contributed by atoms with E-state index in [1.165, 1.54) is 0 Å². The van der Waals surface area contributed by atoms with Crippen LogP contribution in [0.2, 0.25) is 0 Å². The van der Waals surface area contributed by atoms with Crippen LogP contribution >= 0.6 is 0 Å². The number of amides is 1. The summed E-state index contributed by atoms with van der Waals surface area (Å²) in [4.78, 5) is 26.2. The smallest absolute Gasteiger partial charge is 0.223 e. The van der Waals surface area contributed by atoms with E-state index in [-0.39, 0.29) is 11.4 Å². The molecule has 0 aromatic carbocycles. The lowest BCUT2D eigenvalue weighted by Crippen LogP contribution is -2.56. The van der Waals surface area contributed by atoms with Crippen molar-refractivity contribution in [3.63, 3.8) is 0 Å². The summed E-state index contributed by atoms with van der Waals surface area (Å²) in [6.45, 7) is 2.19. The van der Waals surface area contributed by atoms with Crippen molar-refractivity contribution in [3.05, 3.63) is 54.0 Å². The molecule has 2 aromatic rings. The van der Waals surface area contributed by atoms with Gasteiger partial charge >= 0.3 is 0 Å². The van der Waals surface area contributed by atoms with Gasteiger partial charge in [-0.05, 0) is 49.9 Å². The van der Waals surface area contributed by atoms with Crippen LogP contribution in [0.25, 0.3) is 0 Å². The molecular weight excluding hydrogens is 376 g/mol. The maximum atomic E-state index is 12.9. The average molecular weight is 403 g/mol. The SMILES string of the molecule is N#Cc1ccc(N2C3CCC2CN(C(=O)CCNC2(c4ccccn4)CC2)C3)nc1. The summed E-state index contributed by atoms with van der Waals surface area (Å²) in [6, 6.07) is 12.5. The highest BCUT2D eigenvalue weighted by Gasteiger charge is 2.45. The first-order valence-corrected chi connectivity index (χ1v) is 10.8. The van der Waals surface area contributed by atoms with Crippen molar-refractivity contribution in [3.8, 4) is 6.07 Å². The van der Waals surface area contributed by atoms with Crippen molar-refractivity contribution in [2.75, 3.05) is 24.5 Å². The normalized spacial score (nSPS) is 23.8. The third-order valence-electron chi connectivity index (χ3n) is 6.68. The molecule has 7 nitrogen and oxygen atoms in total. The molecule has 7 heteroatoms. The number of rotatable bonds is 6. The minimum atomic E-state index is -0.0273. The van der Waals surface area contributed by atoms with E-state index in [4.69, 9.17) is 5.26 Å². The summed E-state index contributed by atoms with van der Waals surface area (Å²) in [5.41, 5.74) is 1.63. The number of likely N-dealkylation sites (tertiary alicyclic amines) is 1. The lowest BCUT2D eigenvalue weighted by Gasteiger charge is -2.42. The van der Waals surface area contributed by atoms with Gasteiger partial charge in [0.2, 0.25) is 5.91 Å². The standard InChI is InChI=1S/C23H26N6O/c24-13-17-4-7-21(26-14-17)29-18-5-6-19(29)16-28(15-18)22(30)8-12-27-23(9-10-23)20-3-1-2-11-25-20/h1-4,7,11,14,18-19,27H,5-6,8-10,12,15-16H2. The quantitative estimate of drug-likeness (QED) is 0.797. The van der Waals surface area contributed by atoms with Gasteiger partial charge in [-0.2, -0.15) is 5.26 Å². The van der Waals surface area contributed by atoms with Crippen LogP contribution in [0.15, 0.2) is 42.7 Å². The Morgan fingerprint density at radius 3 is 2.57 bits per heavy atom. The molecule has 2 bridgehead atoms. The Morgan fingerprint density at radius 2 is 1.97 bits per heavy atom. The van der Waals surface area contributed by atoms with Crippen molar-refractivity contribution in [1.29, 1.82) is 5.26 Å². The second-order valence-corrected chi connectivity index (χ2v) is 8.58. The predicted octanol–water partition coefficient (Wildman–Crippen LogP) is 2.20. The fraction of sp³-hybridized carbons (Fsp3) is 0.478. The molecule has 154 valence electrons. The Balaban J connectivity index is 1.16. The number of aromatic nitrogens is 2. The zero-order valence-electron chi connectivity index (χ0n) is 17.0. The number of piperazine rings is 1. The molecule has 1 aliphatic carbocycles. The van der Waals surface area contributed by atoms with Crippen molar-refractivity contribution >= 4 is 11.7 Å². The molecule has 4 heterocycles. The third kappa shape index (κ3) is 3.52. The van der Waals surface area contributed by atoms with Crippen LogP contribution < -0.4 is 10.2 Å². The molecule has 3 aliphatic rings. The van der Waals surface area contributed by atoms with Crippen molar-refractivity contribution in [1.82, 2.24) is 20.2 Å². The number of carbonyl (C=O) groups is 1. The summed E-state index contributed by atoms with van der Waals surface area (Å²) in [7, 11) is 0. The first kappa shape index (κ1) is 19.0. The number of nitrogens with zero attached hydrogens (tertiary/aromatic N) is 5. The summed E-state index contributed by atoms with van der Waals surface area (Å²) in [5, 5.41) is 12.6. The summed E-state index contributed by atoms with van der Waals surface area (Å²) >= 11 is 0. The zero-order valence-corrected chi connectivity index (χ0v) is 17.0. The van der Waals surface area contributed by atoms with Gasteiger partial charge in [0, 0.05) is 50.5 Å². The zero-order chi connectivity index (χ0) is 20.6. The van der Waals surface area contributed by atoms with E-state index in [0.29, 0.717) is 30.6 Å². The Kier molecular flexibility index (Phi) is 4.87. The molecule has 3 fully saturated rings. The Labute approximate surface area is 176 Å². The van der Waals surface area contributed by atoms with Crippen LogP contribution in [-0.4, -0.2) is 52.5 Å². The maximum Gasteiger partial charge on any atom is 0.223 e. The van der Waals surface area contributed by atoms with Crippen LogP contribution in [0.5, 0.6) is 0 Å². The molecule has 30 heavy (non-hydrogen) atoms. The van der Waals surface area contributed by atoms with Crippen LogP contribution in [0.1, 0.15) is 43.4 Å². The van der Waals surface area contributed by atoms with Gasteiger partial charge in [-0.15, -0.1) is 0 Å². The Hall–Kier alpha value is -2.98. The fourth-order valence-corrected chi connectivity index (χ4v) is 4.95. The van der Waals surface area contributed by atoms with Gasteiger partial charge in [0.05, 0.1) is 16.8 Å². The Bertz CT molecular complexity index is 936. The number of carbonyl (C=O) groups excluding carboxylic acids is 1. The van der Waals surface area contributed by atoms with E-state index in [1.807, 2.05) is 35.4 Å². The summed E-state index contributed by atoms with van der Waals surface area (Å²) < 4.78 is 0. The number of hydrogen-bond donors (Lipinski definition) is 1. The van der Waals surface area contributed by atoms with Gasteiger partial charge in [-0.1, -0.05) is 6.07 Å². The molecule has 2 aliphatic heterocycles. The number of fused-ring (bicyclic) bond motifs is 2. The van der Waals surface area contributed by atoms with Crippen LogP contribution in [0.3, 0.4) is 0 Å². The average Bonchev–Trinajstić information content (AvgIpc) is 3.54. The second kappa shape index (κ2) is 7.69. The van der Waals surface area contributed by atoms with E-state index in [2.05, 4.69) is 32.3 Å². The summed E-state index contributed by atoms with van der Waals surface area (Å²) in [6.07, 6.45) is 8.31. The molecular formula is C23H26N6O. The second-order valence-electron chi connectivity index (χ2n) is 8.58. The number of anilines is 1. The van der Waals surface area contributed by atoms with E-state index in [1.54, 1.807) is 6.20 Å². The third-order valence-corrected chi connectivity index (χ3v) is 6.68. The van der Waals surface area contributed by atoms with Gasteiger partial charge in [0.1, 0.15) is 11.9 Å². The molecule has 0 radical (unpaired) electrons. The first-order chi connectivity index (χ1) is 14.7. The van der Waals surface area contributed by atoms with Crippen molar-refractivity contribution in [2.45, 2.75) is 49.7 Å². The van der Waals surface area contributed by atoms with Gasteiger partial charge in [-0.25, -0.2) is 4.98 Å². The number of hydrogen-bond acceptors (Lipinski definition) is 6. The highest BCUT2D eigenvalue weighted by Crippen LogP contribution is 2.44. The molecule has 2 atom stereocenters. The predicted molar refractivity (Wildman–Crippen MR) is 113 cm³/mol. The molecule has 5 rings (SSSR count). The van der Waals surface area contributed by atoms with Gasteiger partial charge < -0.3 is 15.1 Å². The lowest BCUT2D eigenvalue weighted by molar-refractivity contribution is -0.132. The monoisotopic (exact) mass is 402 g/mol. The minimum absolute atomic E-state index is 0.0273. The molecule has 2 aromatic heterocycles. The topological polar surface area (TPSA) is 85.2 Å². The fourth-order valence-electron chi connectivity index (χ4n) is 4.95. The first-order valence-electron chi connectivity index (χ1n) is 10.8. The maximum absolute atomic E-state index is 12.9. The highest BCUT2D eigenvalue weighted by molar-refractivity contribution is 5.77. The van der Waals surface area contributed by atoms with Crippen LogP contribution in [-0.2, 0) is 10.3 Å². The molecule has 1 amide bonds. The minimum Gasteiger partial charge on any atom is -0.347 e. The van der Waals surface area contributed by atoms with Gasteiger partial charge in [-0.3, -0.25) is 9.78 Å². The largest absolute Gasteiger partial charge is 0.347 e. The van der Waals surface area contributed by atoms with Crippen LogP contribution in [0.4, 0.5) is 5.82 Å². The lowest BCUT2D eigenvalue weighted by atomic mass is 10.1. The molecule has 1 saturated carbocycles.